The SMILES string of the molecule is CC(C)CC(C)/C=N/NC(=S)Nc1ccccc1C(C)C. The van der Waals surface area contributed by atoms with Crippen LogP contribution in [0.25, 0.3) is 0 Å². The zero-order valence-electron chi connectivity index (χ0n) is 13.7. The molecular weight excluding hydrogens is 278 g/mol. The predicted molar refractivity (Wildman–Crippen MR) is 97.0 cm³/mol. The fraction of sp³-hybridized carbons (Fsp3) is 0.529. The lowest BCUT2D eigenvalue weighted by Gasteiger charge is -2.14. The molecule has 0 aromatic heterocycles. The highest BCUT2D eigenvalue weighted by atomic mass is 32.1. The molecule has 1 atom stereocenters. The first-order chi connectivity index (χ1) is 9.90. The van der Waals surface area contributed by atoms with Gasteiger partial charge < -0.3 is 5.32 Å². The van der Waals surface area contributed by atoms with Gasteiger partial charge in [0.1, 0.15) is 0 Å². The Morgan fingerprint density at radius 3 is 2.48 bits per heavy atom. The molecule has 0 radical (unpaired) electrons. The van der Waals surface area contributed by atoms with Crippen LogP contribution in [0.2, 0.25) is 0 Å². The summed E-state index contributed by atoms with van der Waals surface area (Å²) in [6, 6.07) is 8.20. The van der Waals surface area contributed by atoms with Gasteiger partial charge in [0.25, 0.3) is 0 Å². The van der Waals surface area contributed by atoms with E-state index in [4.69, 9.17) is 12.2 Å². The fourth-order valence-corrected chi connectivity index (χ4v) is 2.45. The first-order valence-corrected chi connectivity index (χ1v) is 8.00. The Balaban J connectivity index is 2.53. The van der Waals surface area contributed by atoms with E-state index < -0.39 is 0 Å². The second kappa shape index (κ2) is 8.78. The standard InChI is InChI=1S/C17H27N3S/c1-12(2)10-14(5)11-18-20-17(21)19-16-9-7-6-8-15(16)13(3)4/h6-9,11-14H,10H2,1-5H3,(H2,19,20,21)/b18-11+. The van der Waals surface area contributed by atoms with Crippen molar-refractivity contribution in [3.63, 3.8) is 0 Å². The summed E-state index contributed by atoms with van der Waals surface area (Å²) in [6.07, 6.45) is 3.05. The largest absolute Gasteiger partial charge is 0.331 e. The van der Waals surface area contributed by atoms with Crippen molar-refractivity contribution in [3.8, 4) is 0 Å². The molecule has 0 spiro atoms. The normalized spacial score (nSPS) is 12.9. The summed E-state index contributed by atoms with van der Waals surface area (Å²) in [5, 5.41) is 7.95. The van der Waals surface area contributed by atoms with Crippen molar-refractivity contribution in [1.29, 1.82) is 0 Å². The van der Waals surface area contributed by atoms with Crippen LogP contribution in [0.5, 0.6) is 0 Å². The third kappa shape index (κ3) is 6.71. The number of benzene rings is 1. The third-order valence-electron chi connectivity index (χ3n) is 3.17. The minimum Gasteiger partial charge on any atom is -0.331 e. The number of para-hydroxylation sites is 1. The van der Waals surface area contributed by atoms with E-state index in [1.807, 2.05) is 24.4 Å². The summed E-state index contributed by atoms with van der Waals surface area (Å²) in [5.74, 6) is 1.57. The summed E-state index contributed by atoms with van der Waals surface area (Å²) in [5.41, 5.74) is 5.18. The van der Waals surface area contributed by atoms with Gasteiger partial charge in [-0.25, -0.2) is 0 Å². The summed E-state index contributed by atoms with van der Waals surface area (Å²) in [7, 11) is 0. The highest BCUT2D eigenvalue weighted by Crippen LogP contribution is 2.23. The lowest BCUT2D eigenvalue weighted by Crippen LogP contribution is -2.25. The van der Waals surface area contributed by atoms with Gasteiger partial charge in [0.2, 0.25) is 0 Å². The van der Waals surface area contributed by atoms with Gasteiger partial charge in [-0.2, -0.15) is 5.10 Å². The number of nitrogens with zero attached hydrogens (tertiary/aromatic N) is 1. The van der Waals surface area contributed by atoms with Crippen molar-refractivity contribution in [2.75, 3.05) is 5.32 Å². The molecule has 0 amide bonds. The molecule has 116 valence electrons. The molecule has 1 rings (SSSR count). The molecular formula is C17H27N3S. The van der Waals surface area contributed by atoms with Crippen molar-refractivity contribution in [2.24, 2.45) is 16.9 Å². The molecule has 21 heavy (non-hydrogen) atoms. The summed E-state index contributed by atoms with van der Waals surface area (Å²) in [4.78, 5) is 0. The molecule has 0 saturated carbocycles. The van der Waals surface area contributed by atoms with Crippen LogP contribution >= 0.6 is 12.2 Å². The summed E-state index contributed by atoms with van der Waals surface area (Å²) < 4.78 is 0. The average Bonchev–Trinajstić information content (AvgIpc) is 2.38. The Hall–Kier alpha value is -1.42. The van der Waals surface area contributed by atoms with Gasteiger partial charge in [0, 0.05) is 11.9 Å². The lowest BCUT2D eigenvalue weighted by molar-refractivity contribution is 0.526. The quantitative estimate of drug-likeness (QED) is 0.452. The number of hydrazone groups is 1. The maximum absolute atomic E-state index is 5.29. The smallest absolute Gasteiger partial charge is 0.191 e. The zero-order valence-corrected chi connectivity index (χ0v) is 14.5. The van der Waals surface area contributed by atoms with Crippen LogP contribution in [0.4, 0.5) is 5.69 Å². The molecule has 4 heteroatoms. The number of hydrogen-bond donors (Lipinski definition) is 2. The van der Waals surface area contributed by atoms with Crippen molar-refractivity contribution in [3.05, 3.63) is 29.8 Å². The van der Waals surface area contributed by atoms with Gasteiger partial charge in [-0.05, 0) is 48.0 Å². The predicted octanol–water partition coefficient (Wildman–Crippen LogP) is 4.76. The number of hydrogen-bond acceptors (Lipinski definition) is 2. The van der Waals surface area contributed by atoms with Gasteiger partial charge in [-0.15, -0.1) is 0 Å². The molecule has 0 fully saturated rings. The first-order valence-electron chi connectivity index (χ1n) is 7.59. The molecule has 2 N–H and O–H groups in total. The minimum atomic E-state index is 0.447. The molecule has 1 aromatic rings. The van der Waals surface area contributed by atoms with E-state index in [-0.39, 0.29) is 0 Å². The van der Waals surface area contributed by atoms with Crippen LogP contribution in [-0.2, 0) is 0 Å². The topological polar surface area (TPSA) is 36.4 Å². The molecule has 0 aliphatic carbocycles. The van der Waals surface area contributed by atoms with Gasteiger partial charge in [0.15, 0.2) is 5.11 Å². The monoisotopic (exact) mass is 305 g/mol. The molecule has 0 bridgehead atoms. The number of rotatable bonds is 6. The molecule has 0 heterocycles. The Kier molecular flexibility index (Phi) is 7.37. The highest BCUT2D eigenvalue weighted by molar-refractivity contribution is 7.80. The van der Waals surface area contributed by atoms with Crippen LogP contribution in [0.15, 0.2) is 29.4 Å². The zero-order chi connectivity index (χ0) is 15.8. The van der Waals surface area contributed by atoms with Crippen molar-refractivity contribution in [2.45, 2.75) is 47.0 Å². The Bertz CT molecular complexity index is 481. The molecule has 1 aromatic carbocycles. The summed E-state index contributed by atoms with van der Waals surface area (Å²) in [6.45, 7) is 10.9. The Morgan fingerprint density at radius 1 is 1.19 bits per heavy atom. The highest BCUT2D eigenvalue weighted by Gasteiger charge is 2.06. The summed E-state index contributed by atoms with van der Waals surface area (Å²) >= 11 is 5.29. The number of anilines is 1. The molecule has 0 aliphatic rings. The second-order valence-electron chi connectivity index (χ2n) is 6.19. The van der Waals surface area contributed by atoms with Crippen LogP contribution < -0.4 is 10.7 Å². The van der Waals surface area contributed by atoms with E-state index in [0.717, 1.165) is 12.1 Å². The fourth-order valence-electron chi connectivity index (χ4n) is 2.29. The van der Waals surface area contributed by atoms with E-state index in [9.17, 15) is 0 Å². The van der Waals surface area contributed by atoms with E-state index in [0.29, 0.717) is 22.9 Å². The van der Waals surface area contributed by atoms with Crippen molar-refractivity contribution in [1.82, 2.24) is 5.43 Å². The molecule has 0 saturated heterocycles. The number of thiocarbonyl (C=S) groups is 1. The maximum Gasteiger partial charge on any atom is 0.191 e. The maximum atomic E-state index is 5.29. The number of nitrogens with one attached hydrogen (secondary N) is 2. The van der Waals surface area contributed by atoms with Crippen LogP contribution in [0.1, 0.15) is 52.5 Å². The van der Waals surface area contributed by atoms with Crippen LogP contribution in [0.3, 0.4) is 0 Å². The van der Waals surface area contributed by atoms with Crippen molar-refractivity contribution >= 4 is 29.2 Å². The van der Waals surface area contributed by atoms with E-state index in [1.54, 1.807) is 0 Å². The first kappa shape index (κ1) is 17.6. The second-order valence-corrected chi connectivity index (χ2v) is 6.60. The van der Waals surface area contributed by atoms with Gasteiger partial charge in [-0.3, -0.25) is 5.43 Å². The molecule has 0 aliphatic heterocycles. The van der Waals surface area contributed by atoms with E-state index in [2.05, 4.69) is 56.5 Å². The average molecular weight is 305 g/mol. The molecule has 3 nitrogen and oxygen atoms in total. The van der Waals surface area contributed by atoms with Crippen molar-refractivity contribution < 1.29 is 0 Å². The lowest BCUT2D eigenvalue weighted by atomic mass is 10.0. The Morgan fingerprint density at radius 2 is 1.86 bits per heavy atom. The third-order valence-corrected chi connectivity index (χ3v) is 3.36. The van der Waals surface area contributed by atoms with Gasteiger partial charge >= 0.3 is 0 Å². The van der Waals surface area contributed by atoms with E-state index in [1.165, 1.54) is 5.56 Å². The van der Waals surface area contributed by atoms with Crippen LogP contribution in [-0.4, -0.2) is 11.3 Å². The van der Waals surface area contributed by atoms with E-state index >= 15 is 0 Å². The van der Waals surface area contributed by atoms with Gasteiger partial charge in [0.05, 0.1) is 0 Å². The Labute approximate surface area is 134 Å². The minimum absolute atomic E-state index is 0.447. The van der Waals surface area contributed by atoms with Gasteiger partial charge in [-0.1, -0.05) is 52.8 Å². The molecule has 1 unspecified atom stereocenters. The van der Waals surface area contributed by atoms with Crippen LogP contribution in [0, 0.1) is 11.8 Å².